The molecule has 2 aromatic rings. The molecule has 0 spiro atoms. The van der Waals surface area contributed by atoms with Gasteiger partial charge in [-0.1, -0.05) is 0 Å². The minimum absolute atomic E-state index is 0.0828. The minimum atomic E-state index is -0.661. The van der Waals surface area contributed by atoms with E-state index in [1.807, 2.05) is 6.07 Å². The summed E-state index contributed by atoms with van der Waals surface area (Å²) in [6, 6.07) is 5.07. The van der Waals surface area contributed by atoms with Gasteiger partial charge in [0.05, 0.1) is 5.69 Å². The number of hydrogen-bond acceptors (Lipinski definition) is 3. The fourth-order valence-corrected chi connectivity index (χ4v) is 1.56. The van der Waals surface area contributed by atoms with E-state index in [2.05, 4.69) is 10.2 Å². The molecular formula is C11H8F2N4. The van der Waals surface area contributed by atoms with Gasteiger partial charge in [-0.2, -0.15) is 10.4 Å². The van der Waals surface area contributed by atoms with Crippen LogP contribution in [-0.4, -0.2) is 10.2 Å². The lowest BCUT2D eigenvalue weighted by atomic mass is 10.1. The Kier molecular flexibility index (Phi) is 2.75. The number of aromatic nitrogens is 2. The molecule has 17 heavy (non-hydrogen) atoms. The predicted molar refractivity (Wildman–Crippen MR) is 56.9 cm³/mol. The van der Waals surface area contributed by atoms with Gasteiger partial charge in [0.1, 0.15) is 23.3 Å². The van der Waals surface area contributed by atoms with Crippen LogP contribution in [0, 0.1) is 23.0 Å². The third-order valence-electron chi connectivity index (χ3n) is 2.28. The summed E-state index contributed by atoms with van der Waals surface area (Å²) in [6.45, 7) is 0. The zero-order chi connectivity index (χ0) is 12.4. The highest BCUT2D eigenvalue weighted by Crippen LogP contribution is 2.17. The molecular weight excluding hydrogens is 226 g/mol. The lowest BCUT2D eigenvalue weighted by Gasteiger charge is -2.00. The summed E-state index contributed by atoms with van der Waals surface area (Å²) >= 11 is 0. The molecule has 1 aromatic carbocycles. The smallest absolute Gasteiger partial charge is 0.163 e. The van der Waals surface area contributed by atoms with Crippen LogP contribution in [0.4, 0.5) is 14.6 Å². The maximum Gasteiger partial charge on any atom is 0.163 e. The van der Waals surface area contributed by atoms with Gasteiger partial charge < -0.3 is 5.73 Å². The third kappa shape index (κ3) is 2.23. The van der Waals surface area contributed by atoms with Crippen molar-refractivity contribution in [2.24, 2.45) is 0 Å². The average molecular weight is 234 g/mol. The van der Waals surface area contributed by atoms with Crippen LogP contribution in [0.1, 0.15) is 16.8 Å². The lowest BCUT2D eigenvalue weighted by molar-refractivity contribution is 0.580. The number of nitrogens with zero attached hydrogens (tertiary/aromatic N) is 2. The van der Waals surface area contributed by atoms with E-state index in [1.54, 1.807) is 0 Å². The van der Waals surface area contributed by atoms with E-state index >= 15 is 0 Å². The normalized spacial score (nSPS) is 10.2. The fraction of sp³-hybridized carbons (Fsp3) is 0.0909. The zero-order valence-electron chi connectivity index (χ0n) is 8.67. The topological polar surface area (TPSA) is 78.5 Å². The van der Waals surface area contributed by atoms with Crippen LogP contribution in [0.3, 0.4) is 0 Å². The molecule has 0 aliphatic carbocycles. The molecule has 0 bridgehead atoms. The Labute approximate surface area is 95.7 Å². The second kappa shape index (κ2) is 4.22. The number of benzene rings is 1. The number of anilines is 1. The van der Waals surface area contributed by atoms with E-state index in [9.17, 15) is 8.78 Å². The Morgan fingerprint density at radius 1 is 1.29 bits per heavy atom. The van der Waals surface area contributed by atoms with Crippen molar-refractivity contribution in [2.45, 2.75) is 6.42 Å². The fourth-order valence-electron chi connectivity index (χ4n) is 1.56. The third-order valence-corrected chi connectivity index (χ3v) is 2.28. The van der Waals surface area contributed by atoms with Crippen molar-refractivity contribution in [1.82, 2.24) is 10.2 Å². The van der Waals surface area contributed by atoms with Gasteiger partial charge in [0, 0.05) is 12.5 Å². The molecule has 4 nitrogen and oxygen atoms in total. The molecule has 0 aliphatic heterocycles. The Bertz CT molecular complexity index is 578. The summed E-state index contributed by atoms with van der Waals surface area (Å²) in [4.78, 5) is 0. The van der Waals surface area contributed by atoms with Gasteiger partial charge >= 0.3 is 0 Å². The van der Waals surface area contributed by atoms with E-state index < -0.39 is 11.6 Å². The molecule has 86 valence electrons. The Morgan fingerprint density at radius 3 is 2.53 bits per heavy atom. The number of hydrogen-bond donors (Lipinski definition) is 2. The van der Waals surface area contributed by atoms with Crippen LogP contribution >= 0.6 is 0 Å². The van der Waals surface area contributed by atoms with Crippen LogP contribution < -0.4 is 5.73 Å². The summed E-state index contributed by atoms with van der Waals surface area (Å²) in [6.07, 6.45) is 0.168. The summed E-state index contributed by atoms with van der Waals surface area (Å²) in [7, 11) is 0. The Hall–Kier alpha value is -2.42. The molecule has 3 N–H and O–H groups in total. The van der Waals surface area contributed by atoms with E-state index in [-0.39, 0.29) is 17.8 Å². The molecule has 2 rings (SSSR count). The summed E-state index contributed by atoms with van der Waals surface area (Å²) in [5, 5.41) is 15.1. The number of H-pyrrole nitrogens is 1. The van der Waals surface area contributed by atoms with Crippen molar-refractivity contribution in [2.75, 3.05) is 5.73 Å². The first-order chi connectivity index (χ1) is 8.10. The standard InChI is InChI=1S/C11H8F2N4/c12-7-1-6(2-8(13)4-7)3-10-9(5-14)11(15)17-16-10/h1-2,4H,3H2,(H3,15,16,17). The number of nitrogens with one attached hydrogen (secondary N) is 1. The highest BCUT2D eigenvalue weighted by molar-refractivity contribution is 5.51. The number of aromatic amines is 1. The second-order valence-corrected chi connectivity index (χ2v) is 3.53. The van der Waals surface area contributed by atoms with E-state index in [1.165, 1.54) is 12.1 Å². The van der Waals surface area contributed by atoms with Gasteiger partial charge in [0.2, 0.25) is 0 Å². The molecule has 0 saturated heterocycles. The van der Waals surface area contributed by atoms with Crippen molar-refractivity contribution in [3.63, 3.8) is 0 Å². The number of nitriles is 1. The molecule has 1 aromatic heterocycles. The van der Waals surface area contributed by atoms with Crippen LogP contribution in [0.25, 0.3) is 0 Å². The SMILES string of the molecule is N#Cc1c(N)n[nH]c1Cc1cc(F)cc(F)c1. The van der Waals surface area contributed by atoms with Gasteiger partial charge in [-0.3, -0.25) is 5.10 Å². The average Bonchev–Trinajstić information content (AvgIpc) is 2.57. The molecule has 0 unspecified atom stereocenters. The van der Waals surface area contributed by atoms with Crippen LogP contribution in [0.2, 0.25) is 0 Å². The highest BCUT2D eigenvalue weighted by atomic mass is 19.1. The molecule has 0 atom stereocenters. The summed E-state index contributed by atoms with van der Waals surface area (Å²) < 4.78 is 25.9. The summed E-state index contributed by atoms with van der Waals surface area (Å²) in [5.41, 5.74) is 6.50. The van der Waals surface area contributed by atoms with Crippen molar-refractivity contribution in [3.8, 4) is 6.07 Å². The van der Waals surface area contributed by atoms with E-state index in [0.29, 0.717) is 11.3 Å². The molecule has 1 heterocycles. The van der Waals surface area contributed by atoms with Gasteiger partial charge in [0.25, 0.3) is 0 Å². The first kappa shape index (κ1) is 11.1. The lowest BCUT2D eigenvalue weighted by Crippen LogP contribution is -1.95. The van der Waals surface area contributed by atoms with E-state index in [0.717, 1.165) is 6.07 Å². The maximum atomic E-state index is 13.0. The number of nitrogen functional groups attached to an aromatic ring is 1. The number of halogens is 2. The van der Waals surface area contributed by atoms with E-state index in [4.69, 9.17) is 11.0 Å². The van der Waals surface area contributed by atoms with Gasteiger partial charge in [-0.25, -0.2) is 8.78 Å². The first-order valence-electron chi connectivity index (χ1n) is 4.78. The number of nitrogens with two attached hydrogens (primary N) is 1. The Balaban J connectivity index is 2.35. The molecule has 0 radical (unpaired) electrons. The first-order valence-corrected chi connectivity index (χ1v) is 4.78. The van der Waals surface area contributed by atoms with Gasteiger partial charge in [0.15, 0.2) is 5.82 Å². The minimum Gasteiger partial charge on any atom is -0.381 e. The number of rotatable bonds is 2. The predicted octanol–water partition coefficient (Wildman–Crippen LogP) is 1.73. The quantitative estimate of drug-likeness (QED) is 0.830. The van der Waals surface area contributed by atoms with Crippen LogP contribution in [-0.2, 0) is 6.42 Å². The Morgan fingerprint density at radius 2 is 1.94 bits per heavy atom. The molecule has 6 heteroatoms. The van der Waals surface area contributed by atoms with Crippen molar-refractivity contribution < 1.29 is 8.78 Å². The maximum absolute atomic E-state index is 13.0. The van der Waals surface area contributed by atoms with Gasteiger partial charge in [-0.15, -0.1) is 0 Å². The molecule has 0 aliphatic rings. The highest BCUT2D eigenvalue weighted by Gasteiger charge is 2.11. The van der Waals surface area contributed by atoms with Crippen molar-refractivity contribution in [3.05, 3.63) is 46.7 Å². The second-order valence-electron chi connectivity index (χ2n) is 3.53. The molecule has 0 saturated carbocycles. The monoisotopic (exact) mass is 234 g/mol. The largest absolute Gasteiger partial charge is 0.381 e. The molecule has 0 amide bonds. The molecule has 0 fully saturated rings. The zero-order valence-corrected chi connectivity index (χ0v) is 8.67. The van der Waals surface area contributed by atoms with Crippen LogP contribution in [0.5, 0.6) is 0 Å². The van der Waals surface area contributed by atoms with Crippen molar-refractivity contribution in [1.29, 1.82) is 5.26 Å². The van der Waals surface area contributed by atoms with Crippen molar-refractivity contribution >= 4 is 5.82 Å². The van der Waals surface area contributed by atoms with Crippen LogP contribution in [0.15, 0.2) is 18.2 Å². The van der Waals surface area contributed by atoms with Gasteiger partial charge in [-0.05, 0) is 17.7 Å². The summed E-state index contributed by atoms with van der Waals surface area (Å²) in [5.74, 6) is -1.24.